The van der Waals surface area contributed by atoms with E-state index in [1.165, 1.54) is 7.11 Å². The molecule has 0 aliphatic heterocycles. The second-order valence-corrected chi connectivity index (χ2v) is 2.14. The summed E-state index contributed by atoms with van der Waals surface area (Å²) in [6, 6.07) is 0. The van der Waals surface area contributed by atoms with E-state index in [9.17, 15) is 4.79 Å². The van der Waals surface area contributed by atoms with Crippen LogP contribution in [0.2, 0.25) is 0 Å². The van der Waals surface area contributed by atoms with E-state index < -0.39 is 0 Å². The van der Waals surface area contributed by atoms with Gasteiger partial charge in [-0.2, -0.15) is 0 Å². The van der Waals surface area contributed by atoms with Crippen LogP contribution in [-0.4, -0.2) is 25.8 Å². The lowest BCUT2D eigenvalue weighted by molar-refractivity contribution is -0.142. The molecule has 0 aromatic carbocycles. The van der Waals surface area contributed by atoms with E-state index in [0.717, 1.165) is 0 Å². The number of hydrogen-bond acceptors (Lipinski definition) is 3. The summed E-state index contributed by atoms with van der Waals surface area (Å²) in [5.41, 5.74) is 0. The maximum atomic E-state index is 10.6. The van der Waals surface area contributed by atoms with Crippen molar-refractivity contribution < 1.29 is 14.3 Å². The fourth-order valence-corrected chi connectivity index (χ4v) is 0.498. The van der Waals surface area contributed by atoms with Crippen molar-refractivity contribution in [1.29, 1.82) is 0 Å². The molecule has 0 radical (unpaired) electrons. The highest BCUT2D eigenvalue weighted by Gasteiger charge is 2.00. The molecule has 0 amide bonds. The van der Waals surface area contributed by atoms with Crippen LogP contribution in [0, 0.1) is 0 Å². The second kappa shape index (κ2) is 5.92. The maximum Gasteiger partial charge on any atom is 0.307 e. The molecule has 0 rings (SSSR count). The Kier molecular flexibility index (Phi) is 5.47. The number of hydrogen-bond donors (Lipinski definition) is 0. The second-order valence-electron chi connectivity index (χ2n) is 2.14. The minimum atomic E-state index is -0.249. The molecule has 0 fully saturated rings. The predicted molar refractivity (Wildman–Crippen MR) is 42.2 cm³/mol. The highest BCUT2D eigenvalue weighted by atomic mass is 16.5. The van der Waals surface area contributed by atoms with E-state index in [1.54, 1.807) is 6.08 Å². The van der Waals surface area contributed by atoms with Gasteiger partial charge < -0.3 is 9.47 Å². The maximum absolute atomic E-state index is 10.6. The van der Waals surface area contributed by atoms with Gasteiger partial charge >= 0.3 is 5.97 Å². The quantitative estimate of drug-likeness (QED) is 0.444. The summed E-state index contributed by atoms with van der Waals surface area (Å²) >= 11 is 0. The minimum Gasteiger partial charge on any atom is -0.469 e. The van der Waals surface area contributed by atoms with E-state index in [1.807, 2.05) is 6.92 Å². The summed E-state index contributed by atoms with van der Waals surface area (Å²) in [5, 5.41) is 0. The number of rotatable bonds is 5. The SMILES string of the molecule is C=CC(C)OCCC(=O)OC. The highest BCUT2D eigenvalue weighted by molar-refractivity contribution is 5.69. The first kappa shape index (κ1) is 10.2. The first-order valence-corrected chi connectivity index (χ1v) is 3.51. The lowest BCUT2D eigenvalue weighted by Crippen LogP contribution is -2.10. The first-order chi connectivity index (χ1) is 5.20. The Morgan fingerprint density at radius 3 is 2.82 bits per heavy atom. The van der Waals surface area contributed by atoms with Crippen LogP contribution in [0.4, 0.5) is 0 Å². The molecular formula is C8H14O3. The van der Waals surface area contributed by atoms with Crippen LogP contribution in [0.25, 0.3) is 0 Å². The molecule has 3 heteroatoms. The summed E-state index contributed by atoms with van der Waals surface area (Å²) in [6.45, 7) is 5.79. The average Bonchev–Trinajstić information content (AvgIpc) is 2.04. The largest absolute Gasteiger partial charge is 0.469 e. The Morgan fingerprint density at radius 1 is 1.73 bits per heavy atom. The zero-order chi connectivity index (χ0) is 8.69. The average molecular weight is 158 g/mol. The summed E-state index contributed by atoms with van der Waals surface area (Å²) in [4.78, 5) is 10.6. The molecule has 0 N–H and O–H groups in total. The molecule has 0 aromatic heterocycles. The Morgan fingerprint density at radius 2 is 2.36 bits per heavy atom. The van der Waals surface area contributed by atoms with Crippen LogP contribution in [0.15, 0.2) is 12.7 Å². The standard InChI is InChI=1S/C8H14O3/c1-4-7(2)11-6-5-8(9)10-3/h4,7H,1,5-6H2,2-3H3. The number of methoxy groups -OCH3 is 1. The van der Waals surface area contributed by atoms with Crippen molar-refractivity contribution >= 4 is 5.97 Å². The van der Waals surface area contributed by atoms with Gasteiger partial charge in [-0.25, -0.2) is 0 Å². The highest BCUT2D eigenvalue weighted by Crippen LogP contribution is 1.93. The summed E-state index contributed by atoms with van der Waals surface area (Å²) in [7, 11) is 1.36. The zero-order valence-electron chi connectivity index (χ0n) is 7.00. The lowest BCUT2D eigenvalue weighted by Gasteiger charge is -2.06. The number of esters is 1. The number of carbonyl (C=O) groups is 1. The van der Waals surface area contributed by atoms with Crippen molar-refractivity contribution in [2.45, 2.75) is 19.4 Å². The number of carbonyl (C=O) groups excluding carboxylic acids is 1. The van der Waals surface area contributed by atoms with Crippen molar-refractivity contribution in [3.63, 3.8) is 0 Å². The minimum absolute atomic E-state index is 0.000318. The topological polar surface area (TPSA) is 35.5 Å². The monoisotopic (exact) mass is 158 g/mol. The van der Waals surface area contributed by atoms with E-state index in [0.29, 0.717) is 13.0 Å². The van der Waals surface area contributed by atoms with Gasteiger partial charge in [0.1, 0.15) is 0 Å². The van der Waals surface area contributed by atoms with Gasteiger partial charge in [0, 0.05) is 0 Å². The third kappa shape index (κ3) is 5.61. The third-order valence-electron chi connectivity index (χ3n) is 1.25. The molecule has 1 atom stereocenters. The molecule has 0 bridgehead atoms. The normalized spacial score (nSPS) is 12.2. The molecule has 0 saturated carbocycles. The molecule has 64 valence electrons. The Bertz CT molecular complexity index is 131. The molecule has 0 aliphatic rings. The van der Waals surface area contributed by atoms with Crippen LogP contribution in [0.5, 0.6) is 0 Å². The molecule has 11 heavy (non-hydrogen) atoms. The summed E-state index contributed by atoms with van der Waals surface area (Å²) < 4.78 is 9.57. The van der Waals surface area contributed by atoms with Gasteiger partial charge in [-0.15, -0.1) is 6.58 Å². The van der Waals surface area contributed by atoms with Gasteiger partial charge in [-0.3, -0.25) is 4.79 Å². The molecule has 1 unspecified atom stereocenters. The van der Waals surface area contributed by atoms with Gasteiger partial charge in [0.15, 0.2) is 0 Å². The van der Waals surface area contributed by atoms with Gasteiger partial charge in [0.05, 0.1) is 26.2 Å². The van der Waals surface area contributed by atoms with Crippen molar-refractivity contribution in [3.05, 3.63) is 12.7 Å². The molecule has 3 nitrogen and oxygen atoms in total. The van der Waals surface area contributed by atoms with Gasteiger partial charge in [0.2, 0.25) is 0 Å². The Balaban J connectivity index is 3.26. The smallest absolute Gasteiger partial charge is 0.307 e. The Labute approximate surface area is 67.0 Å². The van der Waals surface area contributed by atoms with Crippen LogP contribution in [0.3, 0.4) is 0 Å². The van der Waals surface area contributed by atoms with Crippen LogP contribution < -0.4 is 0 Å². The number of ether oxygens (including phenoxy) is 2. The predicted octanol–water partition coefficient (Wildman–Crippen LogP) is 1.14. The van der Waals surface area contributed by atoms with E-state index in [2.05, 4.69) is 11.3 Å². The van der Waals surface area contributed by atoms with Crippen LogP contribution in [0.1, 0.15) is 13.3 Å². The molecule has 0 aliphatic carbocycles. The van der Waals surface area contributed by atoms with Crippen LogP contribution in [-0.2, 0) is 14.3 Å². The fraction of sp³-hybridized carbons (Fsp3) is 0.625. The third-order valence-corrected chi connectivity index (χ3v) is 1.25. The van der Waals surface area contributed by atoms with E-state index in [-0.39, 0.29) is 12.1 Å². The molecule has 0 heterocycles. The molecule has 0 aromatic rings. The van der Waals surface area contributed by atoms with Gasteiger partial charge in [0.25, 0.3) is 0 Å². The molecular weight excluding hydrogens is 144 g/mol. The lowest BCUT2D eigenvalue weighted by atomic mass is 10.4. The van der Waals surface area contributed by atoms with E-state index in [4.69, 9.17) is 4.74 Å². The van der Waals surface area contributed by atoms with E-state index >= 15 is 0 Å². The first-order valence-electron chi connectivity index (χ1n) is 3.51. The van der Waals surface area contributed by atoms with Crippen molar-refractivity contribution in [2.24, 2.45) is 0 Å². The Hall–Kier alpha value is -0.830. The summed E-state index contributed by atoms with van der Waals surface area (Å²) in [6.07, 6.45) is 1.98. The van der Waals surface area contributed by atoms with Crippen molar-refractivity contribution in [1.82, 2.24) is 0 Å². The summed E-state index contributed by atoms with van der Waals surface area (Å²) in [5.74, 6) is -0.249. The van der Waals surface area contributed by atoms with Gasteiger partial charge in [-0.05, 0) is 6.92 Å². The zero-order valence-corrected chi connectivity index (χ0v) is 7.00. The van der Waals surface area contributed by atoms with Crippen LogP contribution >= 0.6 is 0 Å². The molecule has 0 spiro atoms. The van der Waals surface area contributed by atoms with Gasteiger partial charge in [-0.1, -0.05) is 6.08 Å². The molecule has 0 saturated heterocycles. The van der Waals surface area contributed by atoms with Crippen molar-refractivity contribution in [2.75, 3.05) is 13.7 Å². The fourth-order valence-electron chi connectivity index (χ4n) is 0.498. The van der Waals surface area contributed by atoms with Crippen molar-refractivity contribution in [3.8, 4) is 0 Å².